The van der Waals surface area contributed by atoms with Gasteiger partial charge in [-0.2, -0.15) is 0 Å². The zero-order valence-electron chi connectivity index (χ0n) is 48.0. The minimum atomic E-state index is -0.439. The number of hydrogen-bond donors (Lipinski definition) is 0. The predicted molar refractivity (Wildman–Crippen MR) is 351 cm³/mol. The van der Waals surface area contributed by atoms with Gasteiger partial charge in [0.25, 0.3) is 0 Å². The van der Waals surface area contributed by atoms with Crippen LogP contribution in [0.3, 0.4) is 0 Å². The van der Waals surface area contributed by atoms with Crippen molar-refractivity contribution in [1.29, 1.82) is 0 Å². The Morgan fingerprint density at radius 3 is 1.36 bits per heavy atom. The zero-order valence-corrected chi connectivity index (χ0v) is 48.0. The van der Waals surface area contributed by atoms with Crippen molar-refractivity contribution in [2.75, 3.05) is 4.90 Å². The molecule has 0 atom stereocenters. The monoisotopic (exact) mass is 1070 g/mol. The second-order valence-corrected chi connectivity index (χ2v) is 24.9. The van der Waals surface area contributed by atoms with E-state index in [-0.39, 0.29) is 5.41 Å². The van der Waals surface area contributed by atoms with E-state index in [0.29, 0.717) is 0 Å². The highest BCUT2D eigenvalue weighted by molar-refractivity contribution is 6.11. The highest BCUT2D eigenvalue weighted by Crippen LogP contribution is 2.59. The van der Waals surface area contributed by atoms with Crippen molar-refractivity contribution in [1.82, 2.24) is 4.57 Å². The van der Waals surface area contributed by atoms with Crippen LogP contribution in [0.4, 0.5) is 17.1 Å². The molecule has 0 aliphatic heterocycles. The van der Waals surface area contributed by atoms with E-state index in [0.717, 1.165) is 29.9 Å². The fraction of sp³-hybridized carbons (Fsp3) is 0.122. The van der Waals surface area contributed by atoms with Gasteiger partial charge in [-0.1, -0.05) is 201 Å². The normalized spacial score (nSPS) is 14.4. The average molecular weight is 1080 g/mol. The van der Waals surface area contributed by atoms with Gasteiger partial charge in [0, 0.05) is 38.9 Å². The number of anilines is 3. The third-order valence-corrected chi connectivity index (χ3v) is 19.8. The van der Waals surface area contributed by atoms with Crippen molar-refractivity contribution in [2.24, 2.45) is 0 Å². The van der Waals surface area contributed by atoms with E-state index in [4.69, 9.17) is 0 Å². The summed E-state index contributed by atoms with van der Waals surface area (Å²) in [6.07, 6.45) is 4.65. The summed E-state index contributed by atoms with van der Waals surface area (Å²) in [4.78, 5) is 2.42. The van der Waals surface area contributed by atoms with Gasteiger partial charge in [0.05, 0.1) is 16.4 Å². The first-order valence-corrected chi connectivity index (χ1v) is 30.1. The fourth-order valence-electron chi connectivity index (χ4n) is 15.2. The third-order valence-electron chi connectivity index (χ3n) is 19.8. The first-order valence-electron chi connectivity index (χ1n) is 30.1. The SMILES string of the molecule is Cc1ccc2c(c1)C(c1ccc3c(c1)CC3)(c1ccc3c(c1)CC3)c1cc(-c3ccc4c(c3)c3cc(C)ccc3n4-c3ccc4c(c3)C(C)(C)c3cc(N(c5ccc(-c6ccccc6)cc5)c5ccc(-c6ccccc6)cc5)ccc3-4)ccc1-2. The smallest absolute Gasteiger partial charge is 0.0714 e. The second kappa shape index (κ2) is 18.4. The van der Waals surface area contributed by atoms with Crippen LogP contribution in [0.1, 0.15) is 80.6 Å². The molecular formula is C82H62N2. The Hall–Kier alpha value is -9.76. The zero-order chi connectivity index (χ0) is 56.0. The molecule has 0 fully saturated rings. The lowest BCUT2D eigenvalue weighted by molar-refractivity contribution is 0.660. The molecule has 4 aliphatic rings. The summed E-state index contributed by atoms with van der Waals surface area (Å²) in [5.41, 5.74) is 35.6. The van der Waals surface area contributed by atoms with Crippen molar-refractivity contribution in [3.63, 3.8) is 0 Å². The molecule has 0 saturated heterocycles. The van der Waals surface area contributed by atoms with Crippen molar-refractivity contribution in [3.05, 3.63) is 322 Å². The lowest BCUT2D eigenvalue weighted by Gasteiger charge is -2.37. The molecule has 0 radical (unpaired) electrons. The Labute approximate surface area is 492 Å². The van der Waals surface area contributed by atoms with Gasteiger partial charge in [0.15, 0.2) is 0 Å². The van der Waals surface area contributed by atoms with E-state index in [2.05, 4.69) is 292 Å². The Balaban J connectivity index is 0.766. The van der Waals surface area contributed by atoms with Gasteiger partial charge in [-0.3, -0.25) is 0 Å². The van der Waals surface area contributed by atoms with Crippen LogP contribution >= 0.6 is 0 Å². The minimum Gasteiger partial charge on any atom is -0.310 e. The molecule has 17 rings (SSSR count). The Morgan fingerprint density at radius 1 is 0.321 bits per heavy atom. The van der Waals surface area contributed by atoms with Crippen LogP contribution < -0.4 is 4.90 Å². The molecule has 1 aromatic heterocycles. The summed E-state index contributed by atoms with van der Waals surface area (Å²) in [6, 6.07) is 97.4. The standard InChI is InChI=1S/C82H62N2/c1-51-16-41-79-73(43-51)74-47-61(62-27-38-72-71-37-15-52(2)44-77(71)82(78(72)48-62,63-29-21-57-17-19-59(57)45-63)64-30-22-58-18-20-60(58)46-64)28-42-80(74)84(79)68-36-40-70-69-39-35-67(49-75(69)81(3,4)76(70)50-68)83(65-31-23-55(24-32-65)53-11-7-5-8-12-53)66-33-25-56(26-34-66)54-13-9-6-10-14-54/h5-16,21-50H,17-20H2,1-4H3. The van der Waals surface area contributed by atoms with Crippen molar-refractivity contribution in [2.45, 2.75) is 64.2 Å². The molecule has 0 unspecified atom stereocenters. The van der Waals surface area contributed by atoms with E-state index < -0.39 is 5.41 Å². The van der Waals surface area contributed by atoms with Crippen LogP contribution in [0.25, 0.3) is 83.1 Å². The number of fused-ring (bicyclic) bond motifs is 11. The van der Waals surface area contributed by atoms with Gasteiger partial charge in [-0.25, -0.2) is 0 Å². The van der Waals surface area contributed by atoms with Gasteiger partial charge in [0.2, 0.25) is 0 Å². The Bertz CT molecular complexity index is 4720. The van der Waals surface area contributed by atoms with E-state index in [9.17, 15) is 0 Å². The van der Waals surface area contributed by atoms with Crippen LogP contribution in [0.5, 0.6) is 0 Å². The quantitative estimate of drug-likeness (QED) is 0.140. The van der Waals surface area contributed by atoms with Crippen molar-refractivity contribution < 1.29 is 0 Å². The molecule has 0 spiro atoms. The lowest BCUT2D eigenvalue weighted by Crippen LogP contribution is -2.30. The predicted octanol–water partition coefficient (Wildman–Crippen LogP) is 20.7. The van der Waals surface area contributed by atoms with Crippen LogP contribution in [0.15, 0.2) is 255 Å². The van der Waals surface area contributed by atoms with Gasteiger partial charge in [-0.05, 0) is 230 Å². The molecule has 2 nitrogen and oxygen atoms in total. The van der Waals surface area contributed by atoms with Crippen molar-refractivity contribution >= 4 is 38.9 Å². The maximum Gasteiger partial charge on any atom is 0.0714 e. The molecule has 84 heavy (non-hydrogen) atoms. The molecule has 400 valence electrons. The summed E-state index contributed by atoms with van der Waals surface area (Å²) in [7, 11) is 0. The van der Waals surface area contributed by atoms with Crippen LogP contribution in [-0.2, 0) is 36.5 Å². The third kappa shape index (κ3) is 7.29. The Morgan fingerprint density at radius 2 is 0.762 bits per heavy atom. The average Bonchev–Trinajstić information content (AvgIpc) is 1.64. The first-order chi connectivity index (χ1) is 41.1. The van der Waals surface area contributed by atoms with Gasteiger partial charge in [0.1, 0.15) is 0 Å². The Kier molecular flexibility index (Phi) is 10.7. The molecule has 0 bridgehead atoms. The van der Waals surface area contributed by atoms with E-state index >= 15 is 0 Å². The molecule has 0 amide bonds. The summed E-state index contributed by atoms with van der Waals surface area (Å²) in [5, 5.41) is 2.54. The van der Waals surface area contributed by atoms with Crippen LogP contribution in [-0.4, -0.2) is 4.57 Å². The lowest BCUT2D eigenvalue weighted by atomic mass is 9.65. The van der Waals surface area contributed by atoms with Gasteiger partial charge < -0.3 is 9.47 Å². The van der Waals surface area contributed by atoms with Crippen molar-refractivity contribution in [3.8, 4) is 61.3 Å². The van der Waals surface area contributed by atoms with Crippen LogP contribution in [0.2, 0.25) is 0 Å². The first kappa shape index (κ1) is 48.9. The molecule has 1 heterocycles. The summed E-state index contributed by atoms with van der Waals surface area (Å²) < 4.78 is 2.52. The molecule has 0 N–H and O–H groups in total. The molecule has 4 aliphatic carbocycles. The topological polar surface area (TPSA) is 8.17 Å². The summed E-state index contributed by atoms with van der Waals surface area (Å²) in [5.74, 6) is 0. The van der Waals surface area contributed by atoms with E-state index in [1.807, 2.05) is 0 Å². The number of hydrogen-bond acceptors (Lipinski definition) is 1. The number of aromatic nitrogens is 1. The fourth-order valence-corrected chi connectivity index (χ4v) is 15.2. The highest BCUT2D eigenvalue weighted by atomic mass is 15.1. The maximum atomic E-state index is 2.56. The molecule has 0 saturated carbocycles. The highest BCUT2D eigenvalue weighted by Gasteiger charge is 2.47. The minimum absolute atomic E-state index is 0.276. The second-order valence-electron chi connectivity index (χ2n) is 24.9. The summed E-state index contributed by atoms with van der Waals surface area (Å²) in [6.45, 7) is 9.31. The molecule has 2 heteroatoms. The van der Waals surface area contributed by atoms with E-state index in [1.165, 1.54) is 163 Å². The maximum absolute atomic E-state index is 2.56. The molecule has 12 aromatic carbocycles. The summed E-state index contributed by atoms with van der Waals surface area (Å²) >= 11 is 0. The number of rotatable bonds is 9. The van der Waals surface area contributed by atoms with Gasteiger partial charge >= 0.3 is 0 Å². The largest absolute Gasteiger partial charge is 0.310 e. The van der Waals surface area contributed by atoms with E-state index in [1.54, 1.807) is 0 Å². The number of benzene rings is 12. The number of nitrogens with zero attached hydrogens (tertiary/aromatic N) is 2. The van der Waals surface area contributed by atoms with Gasteiger partial charge in [-0.15, -0.1) is 0 Å². The number of aryl methyl sites for hydroxylation is 6. The molecular weight excluding hydrogens is 1010 g/mol. The molecule has 13 aromatic rings. The van der Waals surface area contributed by atoms with Crippen LogP contribution in [0, 0.1) is 13.8 Å².